The quantitative estimate of drug-likeness (QED) is 0.393. The van der Waals surface area contributed by atoms with Gasteiger partial charge in [-0.05, 0) is 46.4 Å². The van der Waals surface area contributed by atoms with Crippen LogP contribution in [0.1, 0.15) is 38.6 Å². The predicted molar refractivity (Wildman–Crippen MR) is 129 cm³/mol. The number of aryl methyl sites for hydroxylation is 1. The second-order valence-electron chi connectivity index (χ2n) is 8.46. The van der Waals surface area contributed by atoms with Crippen LogP contribution in [-0.2, 0) is 19.5 Å². The van der Waals surface area contributed by atoms with Crippen LogP contribution in [0.4, 0.5) is 0 Å². The third-order valence-corrected chi connectivity index (χ3v) is 5.59. The monoisotopic (exact) mass is 443 g/mol. The van der Waals surface area contributed by atoms with Crippen molar-refractivity contribution >= 4 is 0 Å². The lowest BCUT2D eigenvalue weighted by Gasteiger charge is -2.10. The van der Waals surface area contributed by atoms with Crippen LogP contribution in [0, 0.1) is 5.92 Å². The lowest BCUT2D eigenvalue weighted by Crippen LogP contribution is -2.25. The highest BCUT2D eigenvalue weighted by Gasteiger charge is 2.14. The maximum atomic E-state index is 13.0. The first kappa shape index (κ1) is 22.4. The van der Waals surface area contributed by atoms with E-state index in [0.717, 1.165) is 40.9 Å². The van der Waals surface area contributed by atoms with Crippen LogP contribution in [0.5, 0.6) is 0 Å². The average molecular weight is 444 g/mol. The molecule has 0 aliphatic rings. The SMILES string of the molecule is CC=CCn1nc(CCC(C)C)n(Cc2ccc(-c3ccccc3-c3nnn[nH]3)cc2)c1=O. The molecule has 0 atom stereocenters. The summed E-state index contributed by atoms with van der Waals surface area (Å²) in [5.41, 5.74) is 4.02. The summed E-state index contributed by atoms with van der Waals surface area (Å²) in [6.07, 6.45) is 5.66. The van der Waals surface area contributed by atoms with Crippen molar-refractivity contribution in [1.29, 1.82) is 0 Å². The minimum absolute atomic E-state index is 0.0703. The van der Waals surface area contributed by atoms with E-state index in [2.05, 4.69) is 63.8 Å². The minimum atomic E-state index is -0.0703. The van der Waals surface area contributed by atoms with E-state index in [1.165, 1.54) is 0 Å². The summed E-state index contributed by atoms with van der Waals surface area (Å²) in [6.45, 7) is 7.30. The molecule has 0 radical (unpaired) electrons. The van der Waals surface area contributed by atoms with Gasteiger partial charge >= 0.3 is 5.69 Å². The highest BCUT2D eigenvalue weighted by atomic mass is 16.2. The Morgan fingerprint density at radius 3 is 2.48 bits per heavy atom. The largest absolute Gasteiger partial charge is 0.346 e. The molecule has 4 aromatic rings. The van der Waals surface area contributed by atoms with Gasteiger partial charge in [-0.2, -0.15) is 5.10 Å². The lowest BCUT2D eigenvalue weighted by molar-refractivity contribution is 0.557. The van der Waals surface area contributed by atoms with Crippen molar-refractivity contribution in [3.8, 4) is 22.5 Å². The van der Waals surface area contributed by atoms with Gasteiger partial charge in [-0.25, -0.2) is 14.6 Å². The Kier molecular flexibility index (Phi) is 6.92. The summed E-state index contributed by atoms with van der Waals surface area (Å²) in [7, 11) is 0. The van der Waals surface area contributed by atoms with E-state index < -0.39 is 0 Å². The molecular weight excluding hydrogens is 414 g/mol. The Balaban J connectivity index is 1.61. The molecule has 0 bridgehead atoms. The molecule has 4 rings (SSSR count). The Labute approximate surface area is 193 Å². The fraction of sp³-hybridized carbons (Fsp3) is 0.320. The zero-order chi connectivity index (χ0) is 23.2. The van der Waals surface area contributed by atoms with E-state index in [-0.39, 0.29) is 5.69 Å². The Hall–Kier alpha value is -3.81. The number of rotatable bonds is 9. The fourth-order valence-electron chi connectivity index (χ4n) is 3.76. The molecule has 2 aromatic heterocycles. The zero-order valence-electron chi connectivity index (χ0n) is 19.3. The molecule has 0 unspecified atom stereocenters. The molecule has 8 nitrogen and oxygen atoms in total. The number of H-pyrrole nitrogens is 1. The number of nitrogens with zero attached hydrogens (tertiary/aromatic N) is 6. The van der Waals surface area contributed by atoms with Crippen molar-refractivity contribution in [2.45, 2.75) is 46.7 Å². The second-order valence-corrected chi connectivity index (χ2v) is 8.46. The maximum Gasteiger partial charge on any atom is 0.346 e. The van der Waals surface area contributed by atoms with Gasteiger partial charge in [0.25, 0.3) is 0 Å². The molecule has 2 heterocycles. The Bertz CT molecular complexity index is 1270. The number of allylic oxidation sites excluding steroid dienone is 2. The van der Waals surface area contributed by atoms with Gasteiger partial charge in [-0.1, -0.05) is 74.5 Å². The van der Waals surface area contributed by atoms with Crippen molar-refractivity contribution in [3.05, 3.63) is 82.6 Å². The molecule has 0 spiro atoms. The normalized spacial score (nSPS) is 11.6. The van der Waals surface area contributed by atoms with Crippen molar-refractivity contribution < 1.29 is 0 Å². The van der Waals surface area contributed by atoms with Crippen LogP contribution < -0.4 is 5.69 Å². The van der Waals surface area contributed by atoms with Crippen LogP contribution in [0.2, 0.25) is 0 Å². The maximum absolute atomic E-state index is 13.0. The van der Waals surface area contributed by atoms with Gasteiger partial charge in [0.05, 0.1) is 13.1 Å². The van der Waals surface area contributed by atoms with E-state index in [1.807, 2.05) is 43.3 Å². The smallest absolute Gasteiger partial charge is 0.274 e. The summed E-state index contributed by atoms with van der Waals surface area (Å²) in [6, 6.07) is 16.3. The van der Waals surface area contributed by atoms with Crippen LogP contribution in [-0.4, -0.2) is 35.0 Å². The van der Waals surface area contributed by atoms with Crippen molar-refractivity contribution in [1.82, 2.24) is 35.0 Å². The van der Waals surface area contributed by atoms with Gasteiger partial charge in [0.15, 0.2) is 5.82 Å². The van der Waals surface area contributed by atoms with E-state index in [4.69, 9.17) is 0 Å². The standard InChI is InChI=1S/C25H29N7O/c1-4-5-16-32-25(33)31(23(28-32)15-10-18(2)3)17-19-11-13-20(14-12-19)21-8-6-7-9-22(21)24-26-29-30-27-24/h4-9,11-14,18H,10,15-17H2,1-3H3,(H,26,27,29,30). The Morgan fingerprint density at radius 1 is 1.06 bits per heavy atom. The number of benzene rings is 2. The molecule has 0 saturated heterocycles. The van der Waals surface area contributed by atoms with E-state index in [1.54, 1.807) is 9.25 Å². The van der Waals surface area contributed by atoms with Crippen molar-refractivity contribution in [2.24, 2.45) is 5.92 Å². The summed E-state index contributed by atoms with van der Waals surface area (Å²) < 4.78 is 3.35. The number of aromatic nitrogens is 7. The predicted octanol–water partition coefficient (Wildman–Crippen LogP) is 4.10. The van der Waals surface area contributed by atoms with Crippen molar-refractivity contribution in [2.75, 3.05) is 0 Å². The first-order valence-corrected chi connectivity index (χ1v) is 11.3. The van der Waals surface area contributed by atoms with Gasteiger partial charge in [0.1, 0.15) is 5.82 Å². The summed E-state index contributed by atoms with van der Waals surface area (Å²) in [5.74, 6) is 2.02. The number of nitrogens with one attached hydrogen (secondary N) is 1. The first-order valence-electron chi connectivity index (χ1n) is 11.3. The molecule has 1 N–H and O–H groups in total. The molecule has 2 aromatic carbocycles. The molecule has 170 valence electrons. The molecule has 8 heteroatoms. The zero-order valence-corrected chi connectivity index (χ0v) is 19.3. The summed E-state index contributed by atoms with van der Waals surface area (Å²) in [4.78, 5) is 13.0. The molecular formula is C25H29N7O. The summed E-state index contributed by atoms with van der Waals surface area (Å²) >= 11 is 0. The average Bonchev–Trinajstić information content (AvgIpc) is 3.46. The molecule has 0 saturated carbocycles. The number of aromatic amines is 1. The van der Waals surface area contributed by atoms with Gasteiger partial charge in [0.2, 0.25) is 0 Å². The van der Waals surface area contributed by atoms with Gasteiger partial charge in [0, 0.05) is 12.0 Å². The van der Waals surface area contributed by atoms with Crippen molar-refractivity contribution in [3.63, 3.8) is 0 Å². The molecule has 0 aliphatic carbocycles. The molecule has 0 amide bonds. The Morgan fingerprint density at radius 2 is 1.82 bits per heavy atom. The highest BCUT2D eigenvalue weighted by Crippen LogP contribution is 2.29. The van der Waals surface area contributed by atoms with Crippen LogP contribution in [0.3, 0.4) is 0 Å². The van der Waals surface area contributed by atoms with E-state index in [0.29, 0.717) is 24.8 Å². The third kappa shape index (κ3) is 5.16. The second kappa shape index (κ2) is 10.2. The van der Waals surface area contributed by atoms with Gasteiger partial charge < -0.3 is 0 Å². The van der Waals surface area contributed by atoms with Crippen LogP contribution in [0.15, 0.2) is 65.5 Å². The van der Waals surface area contributed by atoms with Gasteiger partial charge in [-0.15, -0.1) is 5.10 Å². The molecule has 33 heavy (non-hydrogen) atoms. The third-order valence-electron chi connectivity index (χ3n) is 5.59. The minimum Gasteiger partial charge on any atom is -0.274 e. The molecule has 0 aliphatic heterocycles. The fourth-order valence-corrected chi connectivity index (χ4v) is 3.76. The number of hydrogen-bond donors (Lipinski definition) is 1. The van der Waals surface area contributed by atoms with E-state index in [9.17, 15) is 4.79 Å². The molecule has 0 fully saturated rings. The lowest BCUT2D eigenvalue weighted by atomic mass is 9.98. The highest BCUT2D eigenvalue weighted by molar-refractivity contribution is 5.80. The number of hydrogen-bond acceptors (Lipinski definition) is 5. The number of tetrazole rings is 1. The van der Waals surface area contributed by atoms with Crippen LogP contribution in [0.25, 0.3) is 22.5 Å². The van der Waals surface area contributed by atoms with E-state index >= 15 is 0 Å². The van der Waals surface area contributed by atoms with Gasteiger partial charge in [-0.3, -0.25) is 4.57 Å². The van der Waals surface area contributed by atoms with Crippen LogP contribution >= 0.6 is 0 Å². The summed E-state index contributed by atoms with van der Waals surface area (Å²) in [5, 5.41) is 18.9. The topological polar surface area (TPSA) is 94.3 Å². The first-order chi connectivity index (χ1) is 16.1.